The van der Waals surface area contributed by atoms with Gasteiger partial charge >= 0.3 is 0 Å². The topological polar surface area (TPSA) is 40.5 Å². The van der Waals surface area contributed by atoms with Crippen molar-refractivity contribution in [1.82, 2.24) is 0 Å². The first-order valence-corrected chi connectivity index (χ1v) is 21.6. The van der Waals surface area contributed by atoms with Gasteiger partial charge in [-0.3, -0.25) is 0 Å². The van der Waals surface area contributed by atoms with Gasteiger partial charge in [0, 0.05) is 11.1 Å². The van der Waals surface area contributed by atoms with Gasteiger partial charge in [-0.2, -0.15) is 0 Å². The van der Waals surface area contributed by atoms with E-state index in [9.17, 15) is 10.2 Å². The molecule has 4 fully saturated rings. The third-order valence-electron chi connectivity index (χ3n) is 15.1. The van der Waals surface area contributed by atoms with Crippen LogP contribution in [-0.4, -0.2) is 10.2 Å². The van der Waals surface area contributed by atoms with Gasteiger partial charge in [-0.25, -0.2) is 0 Å². The van der Waals surface area contributed by atoms with E-state index in [0.29, 0.717) is 23.3 Å². The Kier molecular flexibility index (Phi) is 11.2. The van der Waals surface area contributed by atoms with Gasteiger partial charge in [0.15, 0.2) is 0 Å². The molecule has 6 rings (SSSR count). The van der Waals surface area contributed by atoms with Crippen LogP contribution in [0.2, 0.25) is 0 Å². The molecule has 2 aromatic carbocycles. The van der Waals surface area contributed by atoms with Crippen LogP contribution >= 0.6 is 0 Å². The Morgan fingerprint density at radius 1 is 0.412 bits per heavy atom. The van der Waals surface area contributed by atoms with Gasteiger partial charge in [0.2, 0.25) is 0 Å². The van der Waals surface area contributed by atoms with E-state index >= 15 is 0 Å². The molecule has 2 heteroatoms. The number of benzene rings is 2. The minimum absolute atomic E-state index is 0.126. The van der Waals surface area contributed by atoms with Crippen molar-refractivity contribution in [3.63, 3.8) is 0 Å². The Balaban J connectivity index is 1.24. The summed E-state index contributed by atoms with van der Waals surface area (Å²) < 4.78 is 0. The van der Waals surface area contributed by atoms with Crippen molar-refractivity contribution >= 4 is 0 Å². The molecule has 4 aliphatic rings. The van der Waals surface area contributed by atoms with E-state index in [1.807, 2.05) is 0 Å². The number of phenols is 2. The van der Waals surface area contributed by atoms with Crippen LogP contribution in [0.3, 0.4) is 0 Å². The average molecular weight is 697 g/mol. The highest BCUT2D eigenvalue weighted by atomic mass is 16.3. The summed E-state index contributed by atoms with van der Waals surface area (Å²) in [5.74, 6) is 6.03. The first-order chi connectivity index (χ1) is 23.8. The van der Waals surface area contributed by atoms with E-state index in [1.54, 1.807) is 0 Å². The fraction of sp³-hybridized carbons (Fsp3) is 0.755. The second kappa shape index (κ2) is 14.7. The molecule has 2 nitrogen and oxygen atoms in total. The van der Waals surface area contributed by atoms with Crippen molar-refractivity contribution in [1.29, 1.82) is 0 Å². The number of hydrogen-bond acceptors (Lipinski definition) is 2. The van der Waals surface area contributed by atoms with Crippen molar-refractivity contribution in [3.8, 4) is 11.5 Å². The Hall–Kier alpha value is -1.96. The lowest BCUT2D eigenvalue weighted by atomic mass is 9.66. The molecule has 51 heavy (non-hydrogen) atoms. The summed E-state index contributed by atoms with van der Waals surface area (Å²) in [6.07, 6.45) is 22.7. The summed E-state index contributed by atoms with van der Waals surface area (Å²) in [6.45, 7) is 22.9. The maximum absolute atomic E-state index is 12.0. The van der Waals surface area contributed by atoms with Gasteiger partial charge < -0.3 is 10.2 Å². The molecule has 4 aliphatic carbocycles. The third-order valence-corrected chi connectivity index (χ3v) is 15.1. The lowest BCUT2D eigenvalue weighted by Crippen LogP contribution is -2.28. The molecule has 2 aromatic rings. The summed E-state index contributed by atoms with van der Waals surface area (Å²) in [5.41, 5.74) is 6.68. The van der Waals surface area contributed by atoms with Crippen molar-refractivity contribution in [3.05, 3.63) is 57.6 Å². The molecule has 0 aromatic heterocycles. The molecule has 284 valence electrons. The fourth-order valence-electron chi connectivity index (χ4n) is 11.0. The Morgan fingerprint density at radius 2 is 0.706 bits per heavy atom. The van der Waals surface area contributed by atoms with Crippen LogP contribution in [0.25, 0.3) is 0 Å². The van der Waals surface area contributed by atoms with E-state index in [2.05, 4.69) is 93.5 Å². The van der Waals surface area contributed by atoms with Crippen LogP contribution < -0.4 is 0 Å². The van der Waals surface area contributed by atoms with Gasteiger partial charge in [-0.05, 0) is 144 Å². The van der Waals surface area contributed by atoms with Crippen molar-refractivity contribution in [2.45, 2.75) is 212 Å². The molecule has 0 bridgehead atoms. The van der Waals surface area contributed by atoms with Gasteiger partial charge in [0.25, 0.3) is 0 Å². The molecule has 0 unspecified atom stereocenters. The van der Waals surface area contributed by atoms with Crippen LogP contribution in [0.15, 0.2) is 24.3 Å². The molecule has 0 heterocycles. The summed E-state index contributed by atoms with van der Waals surface area (Å²) >= 11 is 0. The number of hydrogen-bond donors (Lipinski definition) is 2. The van der Waals surface area contributed by atoms with E-state index in [1.165, 1.54) is 107 Å². The van der Waals surface area contributed by atoms with E-state index in [-0.39, 0.29) is 21.7 Å². The van der Waals surface area contributed by atoms with Crippen molar-refractivity contribution < 1.29 is 10.2 Å². The average Bonchev–Trinajstić information content (AvgIpc) is 3.58. The molecular formula is C49H76O2. The van der Waals surface area contributed by atoms with E-state index in [4.69, 9.17) is 0 Å². The molecule has 0 amide bonds. The van der Waals surface area contributed by atoms with E-state index in [0.717, 1.165) is 58.8 Å². The number of phenolic OH excluding ortho intramolecular Hbond substituents is 2. The number of aromatic hydroxyl groups is 2. The van der Waals surface area contributed by atoms with Gasteiger partial charge in [0.05, 0.1) is 0 Å². The second-order valence-corrected chi connectivity index (χ2v) is 21.7. The minimum Gasteiger partial charge on any atom is -0.507 e. The predicted molar refractivity (Wildman–Crippen MR) is 218 cm³/mol. The van der Waals surface area contributed by atoms with Gasteiger partial charge in [-0.15, -0.1) is 0 Å². The molecular weight excluding hydrogens is 621 g/mol. The van der Waals surface area contributed by atoms with E-state index < -0.39 is 0 Å². The minimum atomic E-state index is -0.210. The van der Waals surface area contributed by atoms with Crippen LogP contribution in [0.4, 0.5) is 0 Å². The fourth-order valence-corrected chi connectivity index (χ4v) is 11.0. The normalized spacial score (nSPS) is 26.0. The first kappa shape index (κ1) is 38.8. The highest BCUT2D eigenvalue weighted by molar-refractivity contribution is 5.53. The zero-order valence-electron chi connectivity index (χ0n) is 34.7. The smallest absolute Gasteiger partial charge is 0.123 e. The molecule has 0 atom stereocenters. The highest BCUT2D eigenvalue weighted by Gasteiger charge is 2.38. The summed E-state index contributed by atoms with van der Waals surface area (Å²) in [5, 5.41) is 24.0. The molecule has 0 saturated heterocycles. The van der Waals surface area contributed by atoms with Gasteiger partial charge in [-0.1, -0.05) is 138 Å². The first-order valence-electron chi connectivity index (χ1n) is 21.6. The highest BCUT2D eigenvalue weighted by Crippen LogP contribution is 2.51. The van der Waals surface area contributed by atoms with Crippen molar-refractivity contribution in [2.24, 2.45) is 23.7 Å². The molecule has 0 radical (unpaired) electrons. The largest absolute Gasteiger partial charge is 0.507 e. The Bertz CT molecular complexity index is 1490. The Labute approximate surface area is 314 Å². The van der Waals surface area contributed by atoms with Gasteiger partial charge in [0.1, 0.15) is 11.5 Å². The monoisotopic (exact) mass is 697 g/mol. The Morgan fingerprint density at radius 3 is 1.00 bits per heavy atom. The summed E-state index contributed by atoms with van der Waals surface area (Å²) in [4.78, 5) is 0. The molecule has 4 saturated carbocycles. The zero-order valence-corrected chi connectivity index (χ0v) is 34.7. The van der Waals surface area contributed by atoms with Crippen LogP contribution in [0.5, 0.6) is 11.5 Å². The summed E-state index contributed by atoms with van der Waals surface area (Å²) in [7, 11) is 0. The lowest BCUT2D eigenvalue weighted by molar-refractivity contribution is 0.153. The second-order valence-electron chi connectivity index (χ2n) is 21.7. The van der Waals surface area contributed by atoms with Crippen LogP contribution in [0.1, 0.15) is 224 Å². The van der Waals surface area contributed by atoms with Crippen LogP contribution in [-0.2, 0) is 21.7 Å². The lowest BCUT2D eigenvalue weighted by Gasteiger charge is -2.39. The molecule has 0 spiro atoms. The van der Waals surface area contributed by atoms with Crippen LogP contribution in [0, 0.1) is 23.7 Å². The summed E-state index contributed by atoms with van der Waals surface area (Å²) in [6, 6.07) is 9.56. The quantitative estimate of drug-likeness (QED) is 0.274. The third kappa shape index (κ3) is 8.41. The molecule has 0 aliphatic heterocycles. The number of rotatable bonds is 9. The van der Waals surface area contributed by atoms with Crippen molar-refractivity contribution in [2.75, 3.05) is 0 Å². The SMILES string of the molecule is CC(C)(C)c1cc(C2CCC(C3CCCC3)CC2)cc(C(C)(C)CCC(C)(C)c2cc(C3CCC(C4CCC4)CC3)cc(C(C)(C)C)c2O)c1O. The maximum atomic E-state index is 12.0. The standard InChI is InChI=1S/C49H76O2/c1-46(2,3)40-28-38(36-22-18-34(19-23-36)32-14-11-12-15-32)30-42(44(40)50)48(7,8)26-27-49(9,10)43-31-39(29-41(45(43)51)47(4,5)6)37-24-20-35(21-25-37)33-16-13-17-33/h28-37,50-51H,11-27H2,1-10H3. The predicted octanol–water partition coefficient (Wildman–Crippen LogP) is 14.3. The zero-order chi connectivity index (χ0) is 36.9. The molecule has 2 N–H and O–H groups in total. The maximum Gasteiger partial charge on any atom is 0.123 e.